The van der Waals surface area contributed by atoms with E-state index in [2.05, 4.69) is 122 Å². The Bertz CT molecular complexity index is 1990. The van der Waals surface area contributed by atoms with Gasteiger partial charge in [-0.2, -0.15) is 0 Å². The first-order valence-corrected chi connectivity index (χ1v) is 22.5. The van der Waals surface area contributed by atoms with Gasteiger partial charge in [-0.15, -0.1) is 0 Å². The Morgan fingerprint density at radius 1 is 0.441 bits per heavy atom. The van der Waals surface area contributed by atoms with Crippen LogP contribution in [0.1, 0.15) is 132 Å². The summed E-state index contributed by atoms with van der Waals surface area (Å²) in [5, 5.41) is 0. The van der Waals surface area contributed by atoms with E-state index in [4.69, 9.17) is 0 Å². The zero-order chi connectivity index (χ0) is 49.5. The van der Waals surface area contributed by atoms with Gasteiger partial charge in [0.05, 0.1) is 36.8 Å². The fourth-order valence-electron chi connectivity index (χ4n) is 5.89. The van der Waals surface area contributed by atoms with Crippen molar-refractivity contribution >= 4 is 33.2 Å². The van der Waals surface area contributed by atoms with Crippen molar-refractivity contribution in [3.8, 4) is 0 Å². The van der Waals surface area contributed by atoms with Crippen molar-refractivity contribution in [3.63, 3.8) is 0 Å². The fraction of sp³-hybridized carbons (Fsp3) is 0.375. The average Bonchev–Trinajstić information content (AvgIpc) is 4.09. The molecule has 68 heavy (non-hydrogen) atoms. The zero-order valence-electron chi connectivity index (χ0n) is 39.5. The molecule has 3 aromatic heterocycles. The second kappa shape index (κ2) is 33.8. The number of aliphatic imine (C=N–C) groups is 3. The monoisotopic (exact) mass is 995 g/mol. The van der Waals surface area contributed by atoms with E-state index in [1.54, 1.807) is 0 Å². The number of aryl methyl sites for hydroxylation is 3. The molecular weight excluding hydrogens is 932 g/mol. The molecule has 3 heterocycles. The first kappa shape index (κ1) is 60.4. The molecule has 0 aliphatic rings. The number of imidazole rings is 3. The second-order valence-electron chi connectivity index (χ2n) is 15.1. The number of aromatic nitrogens is 6. The van der Waals surface area contributed by atoms with Crippen LogP contribution in [-0.2, 0) is 36.7 Å². The van der Waals surface area contributed by atoms with Gasteiger partial charge >= 0.3 is 31.6 Å². The molecule has 9 nitrogen and oxygen atoms in total. The van der Waals surface area contributed by atoms with Crippen molar-refractivity contribution in [2.24, 2.45) is 15.0 Å². The third kappa shape index (κ3) is 27.9. The van der Waals surface area contributed by atoms with Gasteiger partial charge in [-0.3, -0.25) is 15.0 Å². The molecule has 3 atom stereocenters. The van der Waals surface area contributed by atoms with Crippen LogP contribution in [0.25, 0.3) is 0 Å². The molecule has 20 heteroatoms. The van der Waals surface area contributed by atoms with Crippen LogP contribution < -0.4 is 0 Å². The Hall–Kier alpha value is -5.61. The standard InChI is InChI=1S/3C16H21N3.2BF4.Fe/c3*1-3-4-11-19-12-10-17-16(19)13-18-14(2)15-8-6-5-7-9-15;2*2-1(3,4)5;/h3*5-10,12-14H,3-4,11H2,1-2H3;;;/q;;;2*-1;+2/t3*14-;;;/m000.../s1. The summed E-state index contributed by atoms with van der Waals surface area (Å²) in [6, 6.07) is 31.5. The average molecular weight is 996 g/mol. The number of rotatable bonds is 18. The Labute approximate surface area is 407 Å². The Balaban J connectivity index is 0.000000460. The quantitative estimate of drug-likeness (QED) is 0.0488. The molecule has 0 unspecified atom stereocenters. The summed E-state index contributed by atoms with van der Waals surface area (Å²) in [7, 11) is -12.0. The topological polar surface area (TPSA) is 90.5 Å². The molecule has 0 N–H and O–H groups in total. The SMILES string of the molecule is CCCCn1ccnc1C=N[C@@H](C)c1ccccc1.CCCCn1ccnc1C=N[C@@H](C)c1ccccc1.CCCCn1ccnc1C=N[C@@H](C)c1ccccc1.F[B-](F)(F)F.F[B-](F)(F)F.[Fe+2]. The van der Waals surface area contributed by atoms with Crippen LogP contribution in [0.5, 0.6) is 0 Å². The Morgan fingerprint density at radius 3 is 0.868 bits per heavy atom. The minimum atomic E-state index is -6.00. The third-order valence-electron chi connectivity index (χ3n) is 9.59. The van der Waals surface area contributed by atoms with E-state index < -0.39 is 14.5 Å². The maximum Gasteiger partial charge on any atom is 2.00 e. The normalized spacial score (nSPS) is 12.6. The van der Waals surface area contributed by atoms with E-state index in [9.17, 15) is 34.5 Å². The molecule has 0 bridgehead atoms. The van der Waals surface area contributed by atoms with Crippen LogP contribution in [0.15, 0.2) is 143 Å². The first-order chi connectivity index (χ1) is 31.9. The molecular formula is C48H63B2F8FeN9. The van der Waals surface area contributed by atoms with Crippen molar-refractivity contribution < 1.29 is 51.6 Å². The van der Waals surface area contributed by atoms with E-state index in [1.807, 2.05) is 110 Å². The van der Waals surface area contributed by atoms with Crippen molar-refractivity contribution in [1.82, 2.24) is 28.7 Å². The Kier molecular flexibility index (Phi) is 30.0. The van der Waals surface area contributed by atoms with Crippen molar-refractivity contribution in [1.29, 1.82) is 0 Å². The van der Waals surface area contributed by atoms with E-state index in [1.165, 1.54) is 55.2 Å². The van der Waals surface area contributed by atoms with Crippen LogP contribution in [0.2, 0.25) is 0 Å². The molecule has 6 rings (SSSR count). The van der Waals surface area contributed by atoms with Crippen LogP contribution in [0.3, 0.4) is 0 Å². The van der Waals surface area contributed by atoms with Gasteiger partial charge in [0.15, 0.2) is 17.5 Å². The molecule has 0 fully saturated rings. The summed E-state index contributed by atoms with van der Waals surface area (Å²) in [6.45, 7) is 15.9. The van der Waals surface area contributed by atoms with E-state index in [0.29, 0.717) is 0 Å². The Morgan fingerprint density at radius 2 is 0.662 bits per heavy atom. The van der Waals surface area contributed by atoms with E-state index in [0.717, 1.165) is 37.1 Å². The van der Waals surface area contributed by atoms with Crippen LogP contribution >= 0.6 is 0 Å². The summed E-state index contributed by atoms with van der Waals surface area (Å²) in [6.07, 6.45) is 24.3. The molecule has 0 aliphatic carbocycles. The minimum absolute atomic E-state index is 0. The van der Waals surface area contributed by atoms with Gasteiger partial charge in [0.1, 0.15) is 0 Å². The molecule has 0 radical (unpaired) electrons. The van der Waals surface area contributed by atoms with Gasteiger partial charge in [0, 0.05) is 56.8 Å². The van der Waals surface area contributed by atoms with Crippen molar-refractivity contribution in [2.45, 2.75) is 118 Å². The molecule has 0 saturated heterocycles. The molecule has 0 aliphatic heterocycles. The van der Waals surface area contributed by atoms with Gasteiger partial charge in [-0.25, -0.2) is 15.0 Å². The maximum absolute atomic E-state index is 9.75. The smallest absolute Gasteiger partial charge is 0.418 e. The van der Waals surface area contributed by atoms with Crippen molar-refractivity contribution in [3.05, 3.63) is 162 Å². The van der Waals surface area contributed by atoms with Gasteiger partial charge in [-0.05, 0) is 56.7 Å². The summed E-state index contributed by atoms with van der Waals surface area (Å²) in [5.74, 6) is 2.82. The van der Waals surface area contributed by atoms with E-state index in [-0.39, 0.29) is 35.2 Å². The number of benzene rings is 3. The number of halogens is 8. The summed E-state index contributed by atoms with van der Waals surface area (Å²) in [5.41, 5.74) is 3.68. The zero-order valence-corrected chi connectivity index (χ0v) is 40.6. The molecule has 0 amide bonds. The molecule has 3 aromatic carbocycles. The van der Waals surface area contributed by atoms with Gasteiger partial charge < -0.3 is 48.2 Å². The number of nitrogens with zero attached hydrogens (tertiary/aromatic N) is 9. The minimum Gasteiger partial charge on any atom is -0.418 e. The van der Waals surface area contributed by atoms with Gasteiger partial charge in [0.25, 0.3) is 0 Å². The molecule has 370 valence electrons. The number of hydrogen-bond donors (Lipinski definition) is 0. The number of hydrogen-bond acceptors (Lipinski definition) is 6. The summed E-state index contributed by atoms with van der Waals surface area (Å²) < 4.78 is 84.5. The number of unbranched alkanes of at least 4 members (excludes halogenated alkanes) is 3. The second-order valence-corrected chi connectivity index (χ2v) is 15.1. The van der Waals surface area contributed by atoms with E-state index >= 15 is 0 Å². The van der Waals surface area contributed by atoms with Crippen LogP contribution in [-0.4, -0.2) is 61.8 Å². The van der Waals surface area contributed by atoms with Crippen molar-refractivity contribution in [2.75, 3.05) is 0 Å². The molecule has 0 saturated carbocycles. The molecule has 6 aromatic rings. The largest absolute Gasteiger partial charge is 2.00 e. The predicted molar refractivity (Wildman–Crippen MR) is 259 cm³/mol. The van der Waals surface area contributed by atoms with Gasteiger partial charge in [0.2, 0.25) is 0 Å². The molecule has 0 spiro atoms. The fourth-order valence-corrected chi connectivity index (χ4v) is 5.89. The third-order valence-corrected chi connectivity index (χ3v) is 9.59. The van der Waals surface area contributed by atoms with Crippen LogP contribution in [0.4, 0.5) is 34.5 Å². The summed E-state index contributed by atoms with van der Waals surface area (Å²) >= 11 is 0. The predicted octanol–water partition coefficient (Wildman–Crippen LogP) is 14.2. The van der Waals surface area contributed by atoms with Gasteiger partial charge in [-0.1, -0.05) is 131 Å². The summed E-state index contributed by atoms with van der Waals surface area (Å²) in [4.78, 5) is 26.8. The first-order valence-electron chi connectivity index (χ1n) is 22.5. The maximum atomic E-state index is 9.75. The van der Waals surface area contributed by atoms with Crippen LogP contribution in [0, 0.1) is 0 Å².